The number of furan rings is 1. The second kappa shape index (κ2) is 11.0. The van der Waals surface area contributed by atoms with Crippen LogP contribution in [0.25, 0.3) is 99.5 Å². The predicted octanol–water partition coefficient (Wildman–Crippen LogP) is 11.9. The molecule has 4 heteroatoms. The number of benzene rings is 8. The molecule has 0 saturated heterocycles. The first-order valence-corrected chi connectivity index (χ1v) is 16.4. The van der Waals surface area contributed by atoms with Crippen molar-refractivity contribution in [3.8, 4) is 45.3 Å². The summed E-state index contributed by atoms with van der Waals surface area (Å²) < 4.78 is 6.60. The SMILES string of the molecule is c1ccc(-c2nc(-c3ccc4ccccc4c3)nc(-c3ccc4oc5c(-c6ccc7ccc8ccccc8c7c6)cccc5c4c3)n2)cc1. The zero-order valence-electron chi connectivity index (χ0n) is 26.3. The molecule has 0 aliphatic carbocycles. The van der Waals surface area contributed by atoms with E-state index in [-0.39, 0.29) is 0 Å². The van der Waals surface area contributed by atoms with Crippen LogP contribution in [0.4, 0.5) is 0 Å². The van der Waals surface area contributed by atoms with E-state index in [1.165, 1.54) is 26.9 Å². The molecular formula is C45H27N3O. The molecule has 0 radical (unpaired) electrons. The highest BCUT2D eigenvalue weighted by atomic mass is 16.3. The number of fused-ring (bicyclic) bond motifs is 7. The van der Waals surface area contributed by atoms with E-state index >= 15 is 0 Å². The quantitative estimate of drug-likeness (QED) is 0.183. The topological polar surface area (TPSA) is 51.8 Å². The molecule has 0 N–H and O–H groups in total. The van der Waals surface area contributed by atoms with Crippen LogP contribution in [0.5, 0.6) is 0 Å². The van der Waals surface area contributed by atoms with Crippen LogP contribution in [0.1, 0.15) is 0 Å². The van der Waals surface area contributed by atoms with Crippen molar-refractivity contribution in [3.63, 3.8) is 0 Å². The van der Waals surface area contributed by atoms with Gasteiger partial charge < -0.3 is 4.42 Å². The maximum atomic E-state index is 6.60. The summed E-state index contributed by atoms with van der Waals surface area (Å²) in [6, 6.07) is 57.0. The molecule has 0 spiro atoms. The predicted molar refractivity (Wildman–Crippen MR) is 201 cm³/mol. The smallest absolute Gasteiger partial charge is 0.164 e. The van der Waals surface area contributed by atoms with Gasteiger partial charge >= 0.3 is 0 Å². The maximum Gasteiger partial charge on any atom is 0.164 e. The standard InChI is InChI=1S/C45H27N3O/c1-2-11-31(12-3-1)43-46-44(34-22-17-28-9-4-5-13-32(28)25-34)48-45(47-43)35-23-24-41-40(27-35)38-16-8-15-37(42(38)49-41)33-21-20-30-19-18-29-10-6-7-14-36(29)39(30)26-33/h1-27H. The molecule has 2 aromatic heterocycles. The lowest BCUT2D eigenvalue weighted by Gasteiger charge is -2.09. The van der Waals surface area contributed by atoms with Crippen LogP contribution in [0, 0.1) is 0 Å². The maximum absolute atomic E-state index is 6.60. The van der Waals surface area contributed by atoms with Gasteiger partial charge in [0.25, 0.3) is 0 Å². The Morgan fingerprint density at radius 3 is 1.73 bits per heavy atom. The van der Waals surface area contributed by atoms with E-state index in [0.29, 0.717) is 17.5 Å². The number of nitrogens with zero attached hydrogens (tertiary/aromatic N) is 3. The van der Waals surface area contributed by atoms with Gasteiger partial charge in [0.2, 0.25) is 0 Å². The molecule has 4 nitrogen and oxygen atoms in total. The Morgan fingerprint density at radius 2 is 0.898 bits per heavy atom. The molecular weight excluding hydrogens is 599 g/mol. The van der Waals surface area contributed by atoms with Crippen molar-refractivity contribution in [1.29, 1.82) is 0 Å². The minimum atomic E-state index is 0.617. The van der Waals surface area contributed by atoms with Gasteiger partial charge in [-0.3, -0.25) is 0 Å². The fraction of sp³-hybridized carbons (Fsp3) is 0. The van der Waals surface area contributed by atoms with Crippen LogP contribution in [-0.4, -0.2) is 15.0 Å². The molecule has 0 aliphatic rings. The second-order valence-corrected chi connectivity index (χ2v) is 12.5. The summed E-state index contributed by atoms with van der Waals surface area (Å²) in [5, 5.41) is 9.34. The van der Waals surface area contributed by atoms with Crippen LogP contribution in [-0.2, 0) is 0 Å². The van der Waals surface area contributed by atoms with Crippen molar-refractivity contribution in [2.45, 2.75) is 0 Å². The number of rotatable bonds is 4. The summed E-state index contributed by atoms with van der Waals surface area (Å²) in [5.41, 5.74) is 6.67. The van der Waals surface area contributed by atoms with Crippen molar-refractivity contribution in [2.75, 3.05) is 0 Å². The first-order chi connectivity index (χ1) is 24.2. The lowest BCUT2D eigenvalue weighted by atomic mass is 9.96. The average Bonchev–Trinajstić information content (AvgIpc) is 3.56. The first kappa shape index (κ1) is 27.5. The fourth-order valence-corrected chi connectivity index (χ4v) is 7.01. The van der Waals surface area contributed by atoms with Crippen molar-refractivity contribution in [1.82, 2.24) is 15.0 Å². The van der Waals surface area contributed by atoms with Gasteiger partial charge in [-0.1, -0.05) is 133 Å². The first-order valence-electron chi connectivity index (χ1n) is 16.4. The minimum absolute atomic E-state index is 0.617. The molecule has 0 unspecified atom stereocenters. The van der Waals surface area contributed by atoms with Crippen molar-refractivity contribution in [2.24, 2.45) is 0 Å². The second-order valence-electron chi connectivity index (χ2n) is 12.5. The van der Waals surface area contributed by atoms with Crippen LogP contribution in [0.3, 0.4) is 0 Å². The summed E-state index contributed by atoms with van der Waals surface area (Å²) in [6.45, 7) is 0. The normalized spacial score (nSPS) is 11.7. The number of hydrogen-bond donors (Lipinski definition) is 0. The van der Waals surface area contributed by atoms with Gasteiger partial charge in [-0.05, 0) is 68.2 Å². The zero-order chi connectivity index (χ0) is 32.3. The number of para-hydroxylation sites is 1. The van der Waals surface area contributed by atoms with E-state index in [0.717, 1.165) is 55.1 Å². The Bertz CT molecular complexity index is 2890. The molecule has 49 heavy (non-hydrogen) atoms. The van der Waals surface area contributed by atoms with E-state index in [9.17, 15) is 0 Å². The third kappa shape index (κ3) is 4.65. The molecule has 10 rings (SSSR count). The molecule has 0 amide bonds. The molecule has 0 fully saturated rings. The van der Waals surface area contributed by atoms with Crippen LogP contribution in [0.15, 0.2) is 168 Å². The average molecular weight is 626 g/mol. The third-order valence-electron chi connectivity index (χ3n) is 9.49. The van der Waals surface area contributed by atoms with E-state index in [4.69, 9.17) is 19.4 Å². The summed E-state index contributed by atoms with van der Waals surface area (Å²) in [5.74, 6) is 1.89. The van der Waals surface area contributed by atoms with Gasteiger partial charge in [0.1, 0.15) is 11.2 Å². The summed E-state index contributed by atoms with van der Waals surface area (Å²) in [7, 11) is 0. The van der Waals surface area contributed by atoms with Gasteiger partial charge in [0.05, 0.1) is 0 Å². The fourth-order valence-electron chi connectivity index (χ4n) is 7.01. The van der Waals surface area contributed by atoms with Crippen LogP contribution < -0.4 is 0 Å². The van der Waals surface area contributed by atoms with E-state index in [1.807, 2.05) is 42.5 Å². The lowest BCUT2D eigenvalue weighted by Crippen LogP contribution is -2.00. The number of hydrogen-bond acceptors (Lipinski definition) is 4. The summed E-state index contributed by atoms with van der Waals surface area (Å²) >= 11 is 0. The van der Waals surface area contributed by atoms with E-state index in [1.54, 1.807) is 0 Å². The Morgan fingerprint density at radius 1 is 0.327 bits per heavy atom. The van der Waals surface area contributed by atoms with Gasteiger partial charge in [-0.25, -0.2) is 15.0 Å². The highest BCUT2D eigenvalue weighted by Gasteiger charge is 2.17. The van der Waals surface area contributed by atoms with Crippen molar-refractivity contribution < 1.29 is 4.42 Å². The lowest BCUT2D eigenvalue weighted by molar-refractivity contribution is 0.670. The van der Waals surface area contributed by atoms with Crippen LogP contribution in [0.2, 0.25) is 0 Å². The Hall–Kier alpha value is -6.65. The monoisotopic (exact) mass is 625 g/mol. The molecule has 228 valence electrons. The largest absolute Gasteiger partial charge is 0.455 e. The van der Waals surface area contributed by atoms with E-state index in [2.05, 4.69) is 121 Å². The summed E-state index contributed by atoms with van der Waals surface area (Å²) in [4.78, 5) is 15.0. The number of aromatic nitrogens is 3. The molecule has 0 saturated carbocycles. The van der Waals surface area contributed by atoms with Crippen molar-refractivity contribution >= 4 is 54.3 Å². The Kier molecular flexibility index (Phi) is 6.15. The minimum Gasteiger partial charge on any atom is -0.455 e. The molecule has 0 atom stereocenters. The van der Waals surface area contributed by atoms with Crippen molar-refractivity contribution in [3.05, 3.63) is 164 Å². The van der Waals surface area contributed by atoms with Crippen LogP contribution >= 0.6 is 0 Å². The summed E-state index contributed by atoms with van der Waals surface area (Å²) in [6.07, 6.45) is 0. The van der Waals surface area contributed by atoms with Gasteiger partial charge in [-0.2, -0.15) is 0 Å². The molecule has 0 bridgehead atoms. The zero-order valence-corrected chi connectivity index (χ0v) is 26.3. The molecule has 2 heterocycles. The molecule has 8 aromatic carbocycles. The molecule has 10 aromatic rings. The Labute approximate surface area is 282 Å². The highest BCUT2D eigenvalue weighted by Crippen LogP contribution is 2.39. The third-order valence-corrected chi connectivity index (χ3v) is 9.49. The van der Waals surface area contributed by atoms with Gasteiger partial charge in [0, 0.05) is 33.0 Å². The van der Waals surface area contributed by atoms with E-state index < -0.39 is 0 Å². The highest BCUT2D eigenvalue weighted by molar-refractivity contribution is 6.13. The van der Waals surface area contributed by atoms with Gasteiger partial charge in [0.15, 0.2) is 17.5 Å². The van der Waals surface area contributed by atoms with Gasteiger partial charge in [-0.15, -0.1) is 0 Å². The Balaban J connectivity index is 1.13. The molecule has 0 aliphatic heterocycles.